The highest BCUT2D eigenvalue weighted by atomic mass is 16.6. The number of nitrogens with one attached hydrogen (secondary N) is 2. The first-order valence-corrected chi connectivity index (χ1v) is 11.3. The van der Waals surface area contributed by atoms with Gasteiger partial charge in [0.25, 0.3) is 0 Å². The van der Waals surface area contributed by atoms with Gasteiger partial charge in [-0.3, -0.25) is 0 Å². The Morgan fingerprint density at radius 2 is 1.64 bits per heavy atom. The predicted molar refractivity (Wildman–Crippen MR) is 128 cm³/mol. The smallest absolute Gasteiger partial charge is 0.407 e. The summed E-state index contributed by atoms with van der Waals surface area (Å²) in [4.78, 5) is 12.4. The fourth-order valence-corrected chi connectivity index (χ4v) is 4.11. The van der Waals surface area contributed by atoms with Crippen molar-refractivity contribution in [3.8, 4) is 16.9 Å². The first kappa shape index (κ1) is 22.8. The summed E-state index contributed by atoms with van der Waals surface area (Å²) < 4.78 is 10.8. The minimum absolute atomic E-state index is 0.148. The number of amides is 1. The average Bonchev–Trinajstić information content (AvgIpc) is 3.19. The van der Waals surface area contributed by atoms with Crippen LogP contribution in [0.2, 0.25) is 0 Å². The zero-order chi connectivity index (χ0) is 23.0. The Balaban J connectivity index is 1.25. The minimum Gasteiger partial charge on any atom is -0.497 e. The lowest BCUT2D eigenvalue weighted by molar-refractivity contribution is 0.0191. The third-order valence-corrected chi connectivity index (χ3v) is 5.97. The van der Waals surface area contributed by atoms with Crippen molar-refractivity contribution in [2.75, 3.05) is 20.2 Å². The number of carbonyl (C=O) groups excluding carboxylic acids is 1. The summed E-state index contributed by atoms with van der Waals surface area (Å²) in [6.07, 6.45) is -0.498. The summed E-state index contributed by atoms with van der Waals surface area (Å²) in [5.74, 6) is 0.792. The number of aliphatic hydroxyl groups excluding tert-OH is 1. The molecule has 0 spiro atoms. The van der Waals surface area contributed by atoms with Gasteiger partial charge in [0.1, 0.15) is 18.0 Å². The topological polar surface area (TPSA) is 79.8 Å². The Bertz CT molecular complexity index is 1020. The minimum atomic E-state index is -0.732. The van der Waals surface area contributed by atoms with Gasteiger partial charge in [-0.25, -0.2) is 4.79 Å². The van der Waals surface area contributed by atoms with Gasteiger partial charge in [-0.05, 0) is 47.2 Å². The molecule has 3 atom stereocenters. The molecule has 3 N–H and O–H groups in total. The van der Waals surface area contributed by atoms with Gasteiger partial charge < -0.3 is 25.2 Å². The van der Waals surface area contributed by atoms with Crippen molar-refractivity contribution in [1.82, 2.24) is 10.6 Å². The van der Waals surface area contributed by atoms with E-state index in [0.717, 1.165) is 22.4 Å². The van der Waals surface area contributed by atoms with Gasteiger partial charge in [0.2, 0.25) is 0 Å². The van der Waals surface area contributed by atoms with E-state index in [4.69, 9.17) is 9.47 Å². The number of methoxy groups -OCH3 is 1. The van der Waals surface area contributed by atoms with E-state index in [1.54, 1.807) is 7.11 Å². The first-order valence-electron chi connectivity index (χ1n) is 11.3. The van der Waals surface area contributed by atoms with Gasteiger partial charge in [-0.15, -0.1) is 0 Å². The molecular weight excluding hydrogens is 416 g/mol. The van der Waals surface area contributed by atoms with Gasteiger partial charge >= 0.3 is 6.09 Å². The quantitative estimate of drug-likeness (QED) is 0.493. The summed E-state index contributed by atoms with van der Waals surface area (Å²) in [6, 6.07) is 26.2. The highest BCUT2D eigenvalue weighted by molar-refractivity contribution is 5.67. The second kappa shape index (κ2) is 11.0. The molecule has 0 aliphatic carbocycles. The fraction of sp³-hybridized carbons (Fsp3) is 0.296. The second-order valence-electron chi connectivity index (χ2n) is 8.24. The van der Waals surface area contributed by atoms with Gasteiger partial charge in [0, 0.05) is 13.1 Å². The fourth-order valence-electron chi connectivity index (χ4n) is 4.11. The van der Waals surface area contributed by atoms with Crippen LogP contribution in [-0.4, -0.2) is 49.6 Å². The maximum Gasteiger partial charge on any atom is 0.407 e. The monoisotopic (exact) mass is 446 g/mol. The molecule has 3 aromatic carbocycles. The van der Waals surface area contributed by atoms with Crippen LogP contribution in [0.3, 0.4) is 0 Å². The van der Waals surface area contributed by atoms with E-state index in [-0.39, 0.29) is 6.04 Å². The average molecular weight is 447 g/mol. The van der Waals surface area contributed by atoms with Gasteiger partial charge in [-0.2, -0.15) is 0 Å². The molecule has 3 aromatic rings. The molecule has 1 saturated heterocycles. The molecule has 1 amide bonds. The Morgan fingerprint density at radius 3 is 2.33 bits per heavy atom. The molecule has 1 heterocycles. The van der Waals surface area contributed by atoms with Crippen LogP contribution in [0.15, 0.2) is 78.9 Å². The van der Waals surface area contributed by atoms with Crippen LogP contribution in [0.4, 0.5) is 4.79 Å². The largest absolute Gasteiger partial charge is 0.497 e. The number of aliphatic hydroxyl groups is 1. The van der Waals surface area contributed by atoms with Crippen molar-refractivity contribution >= 4 is 6.09 Å². The van der Waals surface area contributed by atoms with Crippen molar-refractivity contribution in [3.63, 3.8) is 0 Å². The van der Waals surface area contributed by atoms with E-state index >= 15 is 0 Å². The van der Waals surface area contributed by atoms with Gasteiger partial charge in [-0.1, -0.05) is 66.7 Å². The Hall–Kier alpha value is -3.35. The third kappa shape index (κ3) is 6.12. The number of hydrogen-bond donors (Lipinski definition) is 3. The molecule has 0 bridgehead atoms. The lowest BCUT2D eigenvalue weighted by atomic mass is 10.0. The Labute approximate surface area is 194 Å². The molecule has 1 aliphatic rings. The van der Waals surface area contributed by atoms with E-state index in [2.05, 4.69) is 47.0 Å². The standard InChI is InChI=1S/C27H30N2O4/c1-32-23-13-9-20(10-14-23)17-24-26(25(30)18-29-24)33-27(31)28-16-15-19-7-11-22(12-8-19)21-5-3-2-4-6-21/h2-14,24-26,29-30H,15-18H2,1H3,(H,28,31)/t24-,25+,26+/m1/s1. The molecule has 1 fully saturated rings. The third-order valence-electron chi connectivity index (χ3n) is 5.97. The normalized spacial score (nSPS) is 19.8. The summed E-state index contributed by atoms with van der Waals surface area (Å²) in [6.45, 7) is 0.857. The molecule has 33 heavy (non-hydrogen) atoms. The van der Waals surface area contributed by atoms with Gasteiger partial charge in [0.05, 0.1) is 13.2 Å². The molecule has 6 heteroatoms. The van der Waals surface area contributed by atoms with Crippen LogP contribution < -0.4 is 15.4 Å². The molecule has 0 radical (unpaired) electrons. The summed E-state index contributed by atoms with van der Waals surface area (Å²) in [5, 5.41) is 16.4. The second-order valence-corrected chi connectivity index (χ2v) is 8.24. The number of benzene rings is 3. The highest BCUT2D eigenvalue weighted by Gasteiger charge is 2.37. The number of alkyl carbamates (subject to hydrolysis) is 1. The summed E-state index contributed by atoms with van der Waals surface area (Å²) in [7, 11) is 1.63. The molecule has 0 saturated carbocycles. The van der Waals surface area contributed by atoms with Crippen molar-refractivity contribution in [3.05, 3.63) is 90.0 Å². The van der Waals surface area contributed by atoms with Crippen LogP contribution in [-0.2, 0) is 17.6 Å². The lowest BCUT2D eigenvalue weighted by Crippen LogP contribution is -2.41. The lowest BCUT2D eigenvalue weighted by Gasteiger charge is -2.22. The zero-order valence-electron chi connectivity index (χ0n) is 18.7. The molecular formula is C27H30N2O4. The number of rotatable bonds is 8. The van der Waals surface area contributed by atoms with Crippen molar-refractivity contribution in [1.29, 1.82) is 0 Å². The van der Waals surface area contributed by atoms with Crippen LogP contribution in [0.25, 0.3) is 11.1 Å². The van der Waals surface area contributed by atoms with Crippen LogP contribution in [0, 0.1) is 0 Å². The Kier molecular flexibility index (Phi) is 7.60. The highest BCUT2D eigenvalue weighted by Crippen LogP contribution is 2.20. The molecule has 0 unspecified atom stereocenters. The SMILES string of the molecule is COc1ccc(C[C@H]2NC[C@H](O)[C@H]2OC(=O)NCCc2ccc(-c3ccccc3)cc2)cc1. The van der Waals surface area contributed by atoms with Crippen molar-refractivity contribution in [2.45, 2.75) is 31.1 Å². The van der Waals surface area contributed by atoms with E-state index in [0.29, 0.717) is 25.9 Å². The molecule has 4 rings (SSSR count). The van der Waals surface area contributed by atoms with Crippen molar-refractivity contribution < 1.29 is 19.4 Å². The number of carbonyl (C=O) groups is 1. The van der Waals surface area contributed by atoms with E-state index < -0.39 is 18.3 Å². The van der Waals surface area contributed by atoms with Crippen LogP contribution in [0.5, 0.6) is 5.75 Å². The summed E-state index contributed by atoms with van der Waals surface area (Å²) in [5.41, 5.74) is 4.56. The molecule has 172 valence electrons. The molecule has 0 aromatic heterocycles. The first-order chi connectivity index (χ1) is 16.1. The molecule has 6 nitrogen and oxygen atoms in total. The Morgan fingerprint density at radius 1 is 0.970 bits per heavy atom. The van der Waals surface area contributed by atoms with Crippen molar-refractivity contribution in [2.24, 2.45) is 0 Å². The maximum absolute atomic E-state index is 12.4. The van der Waals surface area contributed by atoms with Crippen LogP contribution >= 0.6 is 0 Å². The number of β-amino-alcohol motifs (C(OH)–C–C–N with tert-alkyl or cyclic N) is 1. The van der Waals surface area contributed by atoms with Crippen LogP contribution in [0.1, 0.15) is 11.1 Å². The maximum atomic E-state index is 12.4. The molecule has 1 aliphatic heterocycles. The summed E-state index contributed by atoms with van der Waals surface area (Å²) >= 11 is 0. The zero-order valence-corrected chi connectivity index (χ0v) is 18.7. The van der Waals surface area contributed by atoms with Gasteiger partial charge in [0.15, 0.2) is 0 Å². The van der Waals surface area contributed by atoms with E-state index in [9.17, 15) is 9.90 Å². The van der Waals surface area contributed by atoms with E-state index in [1.807, 2.05) is 42.5 Å². The number of ether oxygens (including phenoxy) is 2. The number of hydrogen-bond acceptors (Lipinski definition) is 5. The predicted octanol–water partition coefficient (Wildman–Crippen LogP) is 3.57. The van der Waals surface area contributed by atoms with E-state index in [1.165, 1.54) is 5.56 Å².